The largest absolute Gasteiger partial charge is 0.243 e. The number of fused-ring (bicyclic) bond motifs is 1. The van der Waals surface area contributed by atoms with Gasteiger partial charge in [0, 0.05) is 18.1 Å². The lowest BCUT2D eigenvalue weighted by Crippen LogP contribution is -2.33. The highest BCUT2D eigenvalue weighted by Crippen LogP contribution is 2.35. The van der Waals surface area contributed by atoms with Crippen molar-refractivity contribution in [2.75, 3.05) is 18.8 Å². The fourth-order valence-electron chi connectivity index (χ4n) is 4.27. The van der Waals surface area contributed by atoms with E-state index >= 15 is 0 Å². The molecule has 2 aromatic carbocycles. The fraction of sp³-hybridized carbons (Fsp3) is 0.429. The summed E-state index contributed by atoms with van der Waals surface area (Å²) in [6.45, 7) is 0.108. The molecule has 1 unspecified atom stereocenters. The van der Waals surface area contributed by atoms with Crippen molar-refractivity contribution in [3.8, 4) is 0 Å². The topological polar surface area (TPSA) is 71.5 Å². The maximum Gasteiger partial charge on any atom is 0.243 e. The molecule has 5 nitrogen and oxygen atoms in total. The molecule has 0 amide bonds. The SMILES string of the molecule is O=S1(=O)CCN(S(=O)(=O)c2ccc3c(c2)CCCC3)CCC1c1ccccc1Cl. The van der Waals surface area contributed by atoms with Gasteiger partial charge in [-0.1, -0.05) is 35.9 Å². The van der Waals surface area contributed by atoms with Gasteiger partial charge in [-0.25, -0.2) is 16.8 Å². The van der Waals surface area contributed by atoms with E-state index in [9.17, 15) is 16.8 Å². The first-order valence-electron chi connectivity index (χ1n) is 9.87. The third-order valence-electron chi connectivity index (χ3n) is 5.91. The number of sulfone groups is 1. The third kappa shape index (κ3) is 4.10. The third-order valence-corrected chi connectivity index (χ3v) is 10.3. The van der Waals surface area contributed by atoms with Crippen LogP contribution in [0.3, 0.4) is 0 Å². The van der Waals surface area contributed by atoms with Gasteiger partial charge < -0.3 is 0 Å². The Balaban J connectivity index is 1.63. The first-order chi connectivity index (χ1) is 13.8. The Hall–Kier alpha value is -1.41. The molecule has 0 radical (unpaired) electrons. The Morgan fingerprint density at radius 1 is 0.966 bits per heavy atom. The van der Waals surface area contributed by atoms with Crippen molar-refractivity contribution < 1.29 is 16.8 Å². The molecule has 1 aliphatic carbocycles. The van der Waals surface area contributed by atoms with Crippen LogP contribution in [0.15, 0.2) is 47.4 Å². The number of hydrogen-bond acceptors (Lipinski definition) is 4. The number of sulfonamides is 1. The molecular formula is C21H24ClNO4S2. The first-order valence-corrected chi connectivity index (χ1v) is 13.4. The number of aryl methyl sites for hydroxylation is 2. The van der Waals surface area contributed by atoms with Crippen LogP contribution in [0.4, 0.5) is 0 Å². The van der Waals surface area contributed by atoms with E-state index in [4.69, 9.17) is 11.6 Å². The summed E-state index contributed by atoms with van der Waals surface area (Å²) in [6.07, 6.45) is 4.26. The second-order valence-corrected chi connectivity index (χ2v) is 12.4. The molecule has 0 N–H and O–H groups in total. The molecule has 1 heterocycles. The quantitative estimate of drug-likeness (QED) is 0.709. The summed E-state index contributed by atoms with van der Waals surface area (Å²) < 4.78 is 53.6. The number of rotatable bonds is 3. The summed E-state index contributed by atoms with van der Waals surface area (Å²) >= 11 is 6.23. The molecule has 0 bridgehead atoms. The molecule has 0 spiro atoms. The standard InChI is InChI=1S/C21H24ClNO4S2/c22-20-8-4-3-7-19(20)21-11-12-23(13-14-28(21,24)25)29(26,27)18-10-9-16-5-1-2-6-17(16)15-18/h3-4,7-10,15,21H,1-2,5-6,11-14H2. The molecule has 1 saturated heterocycles. The van der Waals surface area contributed by atoms with E-state index in [1.165, 1.54) is 9.87 Å². The van der Waals surface area contributed by atoms with E-state index in [1.807, 2.05) is 6.07 Å². The highest BCUT2D eigenvalue weighted by Gasteiger charge is 2.36. The summed E-state index contributed by atoms with van der Waals surface area (Å²) in [5.74, 6) is -0.215. The van der Waals surface area contributed by atoms with Gasteiger partial charge >= 0.3 is 0 Å². The lowest BCUT2D eigenvalue weighted by Gasteiger charge is -2.22. The van der Waals surface area contributed by atoms with Crippen LogP contribution in [0, 0.1) is 0 Å². The van der Waals surface area contributed by atoms with Crippen molar-refractivity contribution in [3.63, 3.8) is 0 Å². The van der Waals surface area contributed by atoms with Crippen molar-refractivity contribution in [1.82, 2.24) is 4.31 Å². The van der Waals surface area contributed by atoms with Crippen LogP contribution < -0.4 is 0 Å². The second-order valence-electron chi connectivity index (χ2n) is 7.71. The minimum atomic E-state index is -3.75. The van der Waals surface area contributed by atoms with Crippen LogP contribution in [0.2, 0.25) is 5.02 Å². The van der Waals surface area contributed by atoms with E-state index in [1.54, 1.807) is 36.4 Å². The highest BCUT2D eigenvalue weighted by atomic mass is 35.5. The van der Waals surface area contributed by atoms with Crippen molar-refractivity contribution in [2.45, 2.75) is 42.2 Å². The van der Waals surface area contributed by atoms with Gasteiger partial charge in [0.15, 0.2) is 9.84 Å². The zero-order valence-electron chi connectivity index (χ0n) is 16.1. The van der Waals surface area contributed by atoms with Crippen molar-refractivity contribution in [1.29, 1.82) is 0 Å². The Kier molecular flexibility index (Phi) is 5.77. The van der Waals surface area contributed by atoms with Crippen LogP contribution >= 0.6 is 11.6 Å². The summed E-state index contributed by atoms with van der Waals surface area (Å²) in [4.78, 5) is 0.256. The summed E-state index contributed by atoms with van der Waals surface area (Å²) in [5.41, 5.74) is 2.85. The summed E-state index contributed by atoms with van der Waals surface area (Å²) in [7, 11) is -7.26. The van der Waals surface area contributed by atoms with Crippen molar-refractivity contribution in [2.24, 2.45) is 0 Å². The highest BCUT2D eigenvalue weighted by molar-refractivity contribution is 7.92. The molecule has 156 valence electrons. The predicted octanol–water partition coefficient (Wildman–Crippen LogP) is 3.77. The van der Waals surface area contributed by atoms with Gasteiger partial charge in [-0.15, -0.1) is 0 Å². The molecule has 1 aliphatic heterocycles. The maximum absolute atomic E-state index is 13.3. The van der Waals surface area contributed by atoms with Gasteiger partial charge in [-0.3, -0.25) is 0 Å². The normalized spacial score (nSPS) is 22.6. The molecule has 0 aromatic heterocycles. The lowest BCUT2D eigenvalue weighted by atomic mass is 9.92. The average Bonchev–Trinajstić information content (AvgIpc) is 2.86. The molecule has 2 aromatic rings. The van der Waals surface area contributed by atoms with E-state index in [2.05, 4.69) is 0 Å². The van der Waals surface area contributed by atoms with E-state index < -0.39 is 25.1 Å². The monoisotopic (exact) mass is 453 g/mol. The molecule has 8 heteroatoms. The van der Waals surface area contributed by atoms with Crippen LogP contribution in [0.5, 0.6) is 0 Å². The number of nitrogens with zero attached hydrogens (tertiary/aromatic N) is 1. The van der Waals surface area contributed by atoms with E-state index in [0.717, 1.165) is 31.2 Å². The Bertz CT molecular complexity index is 1130. The van der Waals surface area contributed by atoms with E-state index in [0.29, 0.717) is 10.6 Å². The number of hydrogen-bond donors (Lipinski definition) is 0. The zero-order chi connectivity index (χ0) is 20.6. The van der Waals surface area contributed by atoms with Gasteiger partial charge in [0.1, 0.15) is 0 Å². The summed E-state index contributed by atoms with van der Waals surface area (Å²) in [5, 5.41) is -0.396. The smallest absolute Gasteiger partial charge is 0.228 e. The molecule has 1 fully saturated rings. The fourth-order valence-corrected chi connectivity index (χ4v) is 8.04. The molecule has 0 saturated carbocycles. The van der Waals surface area contributed by atoms with Crippen LogP contribution in [0.1, 0.15) is 41.2 Å². The maximum atomic E-state index is 13.3. The Morgan fingerprint density at radius 2 is 1.69 bits per heavy atom. The number of halogens is 1. The van der Waals surface area contributed by atoms with Crippen LogP contribution in [-0.4, -0.2) is 40.0 Å². The van der Waals surface area contributed by atoms with Crippen molar-refractivity contribution in [3.05, 3.63) is 64.2 Å². The van der Waals surface area contributed by atoms with Gasteiger partial charge in [-0.2, -0.15) is 4.31 Å². The van der Waals surface area contributed by atoms with Gasteiger partial charge in [0.25, 0.3) is 0 Å². The zero-order valence-corrected chi connectivity index (χ0v) is 18.4. The lowest BCUT2D eigenvalue weighted by molar-refractivity contribution is 0.428. The second kappa shape index (κ2) is 8.02. The Labute approximate surface area is 177 Å². The molecule has 2 aliphatic rings. The summed E-state index contributed by atoms with van der Waals surface area (Å²) in [6, 6.07) is 12.2. The van der Waals surface area contributed by atoms with Gasteiger partial charge in [0.05, 0.1) is 15.9 Å². The van der Waals surface area contributed by atoms with Crippen LogP contribution in [-0.2, 0) is 32.7 Å². The van der Waals surface area contributed by atoms with Crippen molar-refractivity contribution >= 4 is 31.5 Å². The molecule has 4 rings (SSSR count). The molecular weight excluding hydrogens is 430 g/mol. The predicted molar refractivity (Wildman–Crippen MR) is 114 cm³/mol. The molecule has 1 atom stereocenters. The minimum Gasteiger partial charge on any atom is -0.228 e. The minimum absolute atomic E-state index is 0.0390. The molecule has 29 heavy (non-hydrogen) atoms. The first kappa shape index (κ1) is 20.8. The van der Waals surface area contributed by atoms with Gasteiger partial charge in [0.2, 0.25) is 10.0 Å². The Morgan fingerprint density at radius 3 is 2.45 bits per heavy atom. The van der Waals surface area contributed by atoms with Crippen LogP contribution in [0.25, 0.3) is 0 Å². The average molecular weight is 454 g/mol. The van der Waals surface area contributed by atoms with E-state index in [-0.39, 0.29) is 30.2 Å². The number of benzene rings is 2. The van der Waals surface area contributed by atoms with Gasteiger partial charge in [-0.05, 0) is 67.0 Å².